The van der Waals surface area contributed by atoms with Crippen molar-refractivity contribution in [3.63, 3.8) is 0 Å². The number of hydrogen-bond acceptors (Lipinski definition) is 3. The van der Waals surface area contributed by atoms with E-state index in [-0.39, 0.29) is 11.2 Å². The fraction of sp³-hybridized carbons (Fsp3) is 0.533. The molecule has 5 heteroatoms. The molecule has 0 bridgehead atoms. The molecular formula is C15H19ClO3S. The quantitative estimate of drug-likeness (QED) is 0.779. The van der Waals surface area contributed by atoms with Crippen molar-refractivity contribution in [2.24, 2.45) is 0 Å². The minimum Gasteiger partial charge on any atom is -0.276 e. The van der Waals surface area contributed by atoms with Gasteiger partial charge in [0.15, 0.2) is 9.84 Å². The third-order valence-electron chi connectivity index (χ3n) is 3.73. The SMILES string of the molecule is CCc1c(C(=O)Cl)ccc(C(C)C)c1S(=O)(=O)C1CC1. The molecule has 0 aliphatic heterocycles. The van der Waals surface area contributed by atoms with Gasteiger partial charge in [-0.15, -0.1) is 0 Å². The highest BCUT2D eigenvalue weighted by molar-refractivity contribution is 7.92. The normalized spacial score (nSPS) is 15.7. The third-order valence-corrected chi connectivity index (χ3v) is 6.33. The van der Waals surface area contributed by atoms with Crippen LogP contribution in [-0.4, -0.2) is 18.9 Å². The van der Waals surface area contributed by atoms with Gasteiger partial charge in [-0.05, 0) is 54.0 Å². The molecule has 0 amide bonds. The molecule has 0 atom stereocenters. The predicted octanol–water partition coefficient (Wildman–Crippen LogP) is 3.69. The Hall–Kier alpha value is -0.870. The second-order valence-corrected chi connectivity index (χ2v) is 8.04. The Balaban J connectivity index is 2.79. The Bertz CT molecular complexity index is 643. The Morgan fingerprint density at radius 1 is 1.35 bits per heavy atom. The van der Waals surface area contributed by atoms with E-state index in [1.807, 2.05) is 20.8 Å². The van der Waals surface area contributed by atoms with E-state index in [0.29, 0.717) is 35.3 Å². The summed E-state index contributed by atoms with van der Waals surface area (Å²) >= 11 is 5.60. The van der Waals surface area contributed by atoms with Gasteiger partial charge < -0.3 is 0 Å². The molecule has 0 heterocycles. The van der Waals surface area contributed by atoms with Crippen LogP contribution in [0.3, 0.4) is 0 Å². The molecule has 0 radical (unpaired) electrons. The molecule has 1 fully saturated rings. The zero-order chi connectivity index (χ0) is 15.1. The molecule has 3 nitrogen and oxygen atoms in total. The molecule has 1 saturated carbocycles. The number of carbonyl (C=O) groups excluding carboxylic acids is 1. The van der Waals surface area contributed by atoms with Gasteiger partial charge in [0.25, 0.3) is 5.24 Å². The van der Waals surface area contributed by atoms with E-state index >= 15 is 0 Å². The number of benzene rings is 1. The van der Waals surface area contributed by atoms with E-state index < -0.39 is 15.1 Å². The summed E-state index contributed by atoms with van der Waals surface area (Å²) in [6.07, 6.45) is 1.90. The highest BCUT2D eigenvalue weighted by atomic mass is 35.5. The first-order valence-corrected chi connectivity index (χ1v) is 8.82. The second kappa shape index (κ2) is 5.49. The molecule has 1 aliphatic rings. The first kappa shape index (κ1) is 15.5. The zero-order valence-corrected chi connectivity index (χ0v) is 13.5. The van der Waals surface area contributed by atoms with Crippen LogP contribution >= 0.6 is 11.6 Å². The molecule has 1 aliphatic carbocycles. The summed E-state index contributed by atoms with van der Waals surface area (Å²) in [6.45, 7) is 5.78. The standard InChI is InChI=1S/C15H19ClO3S/c1-4-11-13(15(16)17)8-7-12(9(2)3)14(11)20(18,19)10-5-6-10/h7-10H,4-6H2,1-3H3. The minimum absolute atomic E-state index is 0.0864. The van der Waals surface area contributed by atoms with E-state index in [9.17, 15) is 13.2 Å². The van der Waals surface area contributed by atoms with Gasteiger partial charge in [-0.2, -0.15) is 0 Å². The lowest BCUT2D eigenvalue weighted by atomic mass is 9.96. The Kier molecular flexibility index (Phi) is 4.26. The number of carbonyl (C=O) groups is 1. The number of rotatable bonds is 5. The Morgan fingerprint density at radius 3 is 2.35 bits per heavy atom. The summed E-state index contributed by atoms with van der Waals surface area (Å²) in [6, 6.07) is 3.38. The highest BCUT2D eigenvalue weighted by Crippen LogP contribution is 2.39. The van der Waals surface area contributed by atoms with Crippen LogP contribution in [0.4, 0.5) is 0 Å². The fourth-order valence-electron chi connectivity index (χ4n) is 2.52. The number of hydrogen-bond donors (Lipinski definition) is 0. The maximum absolute atomic E-state index is 12.7. The fourth-order valence-corrected chi connectivity index (χ4v) is 5.01. The average Bonchev–Trinajstić information content (AvgIpc) is 3.20. The average molecular weight is 315 g/mol. The van der Waals surface area contributed by atoms with E-state index in [1.54, 1.807) is 12.1 Å². The van der Waals surface area contributed by atoms with Crippen molar-refractivity contribution in [1.29, 1.82) is 0 Å². The van der Waals surface area contributed by atoms with Crippen molar-refractivity contribution in [3.8, 4) is 0 Å². The van der Waals surface area contributed by atoms with Crippen LogP contribution in [0.25, 0.3) is 0 Å². The molecule has 0 N–H and O–H groups in total. The zero-order valence-electron chi connectivity index (χ0n) is 11.9. The Morgan fingerprint density at radius 2 is 1.95 bits per heavy atom. The van der Waals surface area contributed by atoms with Crippen LogP contribution in [0.1, 0.15) is 61.0 Å². The third kappa shape index (κ3) is 2.63. The van der Waals surface area contributed by atoms with Crippen molar-refractivity contribution >= 4 is 26.7 Å². The summed E-state index contributed by atoms with van der Waals surface area (Å²) in [4.78, 5) is 11.9. The first-order valence-electron chi connectivity index (χ1n) is 6.90. The molecule has 0 unspecified atom stereocenters. The van der Waals surface area contributed by atoms with Crippen LogP contribution in [-0.2, 0) is 16.3 Å². The molecule has 2 rings (SSSR count). The molecule has 1 aromatic rings. The van der Waals surface area contributed by atoms with Gasteiger partial charge >= 0.3 is 0 Å². The summed E-state index contributed by atoms with van der Waals surface area (Å²) in [7, 11) is -3.35. The van der Waals surface area contributed by atoms with E-state index in [1.165, 1.54) is 0 Å². The molecule has 0 saturated heterocycles. The first-order chi connectivity index (χ1) is 9.30. The van der Waals surface area contributed by atoms with E-state index in [2.05, 4.69) is 0 Å². The summed E-state index contributed by atoms with van der Waals surface area (Å²) in [5.74, 6) is 0.0864. The topological polar surface area (TPSA) is 51.2 Å². The highest BCUT2D eigenvalue weighted by Gasteiger charge is 2.40. The minimum atomic E-state index is -3.35. The monoisotopic (exact) mass is 314 g/mol. The van der Waals surface area contributed by atoms with E-state index in [4.69, 9.17) is 11.6 Å². The van der Waals surface area contributed by atoms with Gasteiger partial charge in [-0.25, -0.2) is 8.42 Å². The number of sulfone groups is 1. The van der Waals surface area contributed by atoms with Gasteiger partial charge in [-0.1, -0.05) is 26.8 Å². The van der Waals surface area contributed by atoms with Crippen LogP contribution in [0, 0.1) is 0 Å². The summed E-state index contributed by atoms with van der Waals surface area (Å²) in [5, 5.41) is -0.879. The second-order valence-electron chi connectivity index (χ2n) is 5.54. The van der Waals surface area contributed by atoms with Gasteiger partial charge in [0.1, 0.15) is 0 Å². The van der Waals surface area contributed by atoms with Crippen molar-refractivity contribution in [2.45, 2.75) is 56.1 Å². The smallest absolute Gasteiger partial charge is 0.252 e. The molecular weight excluding hydrogens is 296 g/mol. The number of halogens is 1. The summed E-state index contributed by atoms with van der Waals surface area (Å²) < 4.78 is 25.4. The van der Waals surface area contributed by atoms with Crippen molar-refractivity contribution in [3.05, 3.63) is 28.8 Å². The maximum atomic E-state index is 12.7. The van der Waals surface area contributed by atoms with Crippen LogP contribution < -0.4 is 0 Å². The predicted molar refractivity (Wildman–Crippen MR) is 80.3 cm³/mol. The molecule has 110 valence electrons. The van der Waals surface area contributed by atoms with Crippen molar-refractivity contribution < 1.29 is 13.2 Å². The Labute approximate surface area is 125 Å². The maximum Gasteiger partial charge on any atom is 0.252 e. The van der Waals surface area contributed by atoms with Crippen LogP contribution in [0.5, 0.6) is 0 Å². The molecule has 1 aromatic carbocycles. The van der Waals surface area contributed by atoms with Gasteiger partial charge in [0.05, 0.1) is 10.1 Å². The lowest BCUT2D eigenvalue weighted by Crippen LogP contribution is -2.16. The lowest BCUT2D eigenvalue weighted by Gasteiger charge is -2.19. The summed E-state index contributed by atoms with van der Waals surface area (Å²) in [5.41, 5.74) is 1.68. The van der Waals surface area contributed by atoms with Gasteiger partial charge in [0, 0.05) is 5.56 Å². The molecule has 0 spiro atoms. The largest absolute Gasteiger partial charge is 0.276 e. The van der Waals surface area contributed by atoms with E-state index in [0.717, 1.165) is 5.56 Å². The lowest BCUT2D eigenvalue weighted by molar-refractivity contribution is 0.108. The van der Waals surface area contributed by atoms with Crippen molar-refractivity contribution in [1.82, 2.24) is 0 Å². The molecule has 20 heavy (non-hydrogen) atoms. The van der Waals surface area contributed by atoms with Gasteiger partial charge in [-0.3, -0.25) is 4.79 Å². The van der Waals surface area contributed by atoms with Gasteiger partial charge in [0.2, 0.25) is 0 Å². The van der Waals surface area contributed by atoms with Crippen LogP contribution in [0.15, 0.2) is 17.0 Å². The van der Waals surface area contributed by atoms with Crippen molar-refractivity contribution in [2.75, 3.05) is 0 Å². The molecule has 0 aromatic heterocycles. The van der Waals surface area contributed by atoms with Crippen LogP contribution in [0.2, 0.25) is 0 Å².